The highest BCUT2D eigenvalue weighted by atomic mass is 19.1. The van der Waals surface area contributed by atoms with Crippen molar-refractivity contribution >= 4 is 5.95 Å². The molecule has 1 aromatic heterocycles. The zero-order chi connectivity index (χ0) is 20.3. The number of nitrogens with one attached hydrogen (secondary N) is 1. The van der Waals surface area contributed by atoms with Gasteiger partial charge in [-0.05, 0) is 29.8 Å². The molecule has 0 amide bonds. The van der Waals surface area contributed by atoms with Gasteiger partial charge in [0, 0.05) is 31.1 Å². The number of rotatable bonds is 6. The Morgan fingerprint density at radius 3 is 2.39 bits per heavy atom. The highest BCUT2D eigenvalue weighted by Crippen LogP contribution is 2.27. The van der Waals surface area contributed by atoms with Gasteiger partial charge in [-0.3, -0.25) is 9.78 Å². The van der Waals surface area contributed by atoms with E-state index in [4.69, 9.17) is 4.74 Å². The molecule has 1 heterocycles. The Labute approximate surface area is 161 Å². The van der Waals surface area contributed by atoms with Crippen molar-refractivity contribution in [2.75, 3.05) is 19.1 Å². The average Bonchev–Trinajstić information content (AvgIpc) is 2.67. The van der Waals surface area contributed by atoms with Gasteiger partial charge in [0.2, 0.25) is 5.95 Å². The molecule has 1 unspecified atom stereocenters. The van der Waals surface area contributed by atoms with Gasteiger partial charge in [0.1, 0.15) is 17.4 Å². The van der Waals surface area contributed by atoms with Crippen LogP contribution >= 0.6 is 0 Å². The van der Waals surface area contributed by atoms with Crippen molar-refractivity contribution in [3.05, 3.63) is 87.3 Å². The normalized spacial score (nSPS) is 11.9. The molecule has 0 aliphatic carbocycles. The second-order valence-corrected chi connectivity index (χ2v) is 6.56. The maximum Gasteiger partial charge on any atom is 0.252 e. The molecule has 0 fully saturated rings. The highest BCUT2D eigenvalue weighted by molar-refractivity contribution is 5.37. The fourth-order valence-corrected chi connectivity index (χ4v) is 3.02. The molecule has 28 heavy (non-hydrogen) atoms. The van der Waals surface area contributed by atoms with Crippen LogP contribution in [0.2, 0.25) is 0 Å². The largest absolute Gasteiger partial charge is 0.497 e. The van der Waals surface area contributed by atoms with E-state index in [-0.39, 0.29) is 11.1 Å². The minimum absolute atomic E-state index is 0.107. The van der Waals surface area contributed by atoms with E-state index in [1.165, 1.54) is 24.3 Å². The van der Waals surface area contributed by atoms with Crippen LogP contribution < -0.4 is 15.2 Å². The minimum atomic E-state index is -0.711. The predicted octanol–water partition coefficient (Wildman–Crippen LogP) is 3.84. The van der Waals surface area contributed by atoms with Gasteiger partial charge in [0.15, 0.2) is 0 Å². The number of benzene rings is 2. The van der Waals surface area contributed by atoms with Gasteiger partial charge >= 0.3 is 0 Å². The van der Waals surface area contributed by atoms with E-state index in [0.717, 1.165) is 11.3 Å². The zero-order valence-corrected chi connectivity index (χ0v) is 15.9. The first kappa shape index (κ1) is 19.5. The van der Waals surface area contributed by atoms with Crippen molar-refractivity contribution in [1.29, 1.82) is 0 Å². The van der Waals surface area contributed by atoms with E-state index >= 15 is 0 Å². The monoisotopic (exact) mass is 385 g/mol. The van der Waals surface area contributed by atoms with E-state index in [1.54, 1.807) is 26.0 Å². The summed E-state index contributed by atoms with van der Waals surface area (Å²) < 4.78 is 33.4. The molecule has 0 bridgehead atoms. The summed E-state index contributed by atoms with van der Waals surface area (Å²) in [5, 5.41) is 0. The number of nitrogens with zero attached hydrogens (tertiary/aromatic N) is 2. The second-order valence-electron chi connectivity index (χ2n) is 6.56. The molecule has 0 aliphatic heterocycles. The van der Waals surface area contributed by atoms with Crippen LogP contribution in [0.15, 0.2) is 53.3 Å². The molecule has 0 saturated carbocycles. The third-order valence-corrected chi connectivity index (χ3v) is 4.57. The van der Waals surface area contributed by atoms with Crippen LogP contribution in [0.4, 0.5) is 14.7 Å². The lowest BCUT2D eigenvalue weighted by molar-refractivity contribution is 0.414. The van der Waals surface area contributed by atoms with Crippen LogP contribution in [-0.2, 0) is 6.54 Å². The number of aromatic nitrogens is 2. The molecule has 3 rings (SSSR count). The molecule has 2 aromatic carbocycles. The van der Waals surface area contributed by atoms with Gasteiger partial charge in [0.05, 0.1) is 12.8 Å². The number of H-pyrrole nitrogens is 1. The molecule has 1 atom stereocenters. The maximum atomic E-state index is 14.1. The van der Waals surface area contributed by atoms with Crippen LogP contribution in [-0.4, -0.2) is 24.1 Å². The molecule has 0 spiro atoms. The van der Waals surface area contributed by atoms with Crippen molar-refractivity contribution in [3.63, 3.8) is 0 Å². The lowest BCUT2D eigenvalue weighted by atomic mass is 9.96. The van der Waals surface area contributed by atoms with E-state index in [0.29, 0.717) is 18.2 Å². The molecular weight excluding hydrogens is 364 g/mol. The Balaban J connectivity index is 1.89. The van der Waals surface area contributed by atoms with Crippen LogP contribution in [0.25, 0.3) is 0 Å². The molecule has 0 radical (unpaired) electrons. The minimum Gasteiger partial charge on any atom is -0.497 e. The number of aromatic amines is 1. The number of hydrogen-bond acceptors (Lipinski definition) is 4. The first-order valence-electron chi connectivity index (χ1n) is 8.78. The standard InChI is InChI=1S/C21H21F2N3O2/c1-13(20-16(22)5-4-6-17(20)23)18-11-19(27)25-21(24-18)26(2)12-14-7-9-15(28-3)10-8-14/h4-11,13H,12H2,1-3H3,(H,24,25,27). The van der Waals surface area contributed by atoms with Gasteiger partial charge in [-0.15, -0.1) is 0 Å². The van der Waals surface area contributed by atoms with Gasteiger partial charge in [-0.2, -0.15) is 0 Å². The summed E-state index contributed by atoms with van der Waals surface area (Å²) >= 11 is 0. The Kier molecular flexibility index (Phi) is 5.73. The highest BCUT2D eigenvalue weighted by Gasteiger charge is 2.20. The summed E-state index contributed by atoms with van der Waals surface area (Å²) in [5.74, 6) is -0.968. The van der Waals surface area contributed by atoms with Crippen LogP contribution in [0.3, 0.4) is 0 Å². The summed E-state index contributed by atoms with van der Waals surface area (Å²) in [6.45, 7) is 2.11. The van der Waals surface area contributed by atoms with Crippen LogP contribution in [0, 0.1) is 11.6 Å². The number of methoxy groups -OCH3 is 1. The van der Waals surface area contributed by atoms with E-state index < -0.39 is 17.6 Å². The van der Waals surface area contributed by atoms with E-state index in [9.17, 15) is 13.6 Å². The number of hydrogen-bond donors (Lipinski definition) is 1. The summed E-state index contributed by atoms with van der Waals surface area (Å²) in [6, 6.07) is 12.5. The lowest BCUT2D eigenvalue weighted by Crippen LogP contribution is -2.24. The van der Waals surface area contributed by atoms with Crippen molar-refractivity contribution in [2.45, 2.75) is 19.4 Å². The zero-order valence-electron chi connectivity index (χ0n) is 15.9. The van der Waals surface area contributed by atoms with E-state index in [1.807, 2.05) is 24.3 Å². The molecule has 1 N–H and O–H groups in total. The van der Waals surface area contributed by atoms with E-state index in [2.05, 4.69) is 9.97 Å². The smallest absolute Gasteiger partial charge is 0.252 e. The molecule has 5 nitrogen and oxygen atoms in total. The molecule has 0 aliphatic rings. The summed E-state index contributed by atoms with van der Waals surface area (Å²) in [7, 11) is 3.38. The van der Waals surface area contributed by atoms with Crippen molar-refractivity contribution < 1.29 is 13.5 Å². The fraction of sp³-hybridized carbons (Fsp3) is 0.238. The first-order valence-corrected chi connectivity index (χ1v) is 8.78. The van der Waals surface area contributed by atoms with Crippen LogP contribution in [0.5, 0.6) is 5.75 Å². The molecule has 146 valence electrons. The number of halogens is 2. The van der Waals surface area contributed by atoms with Crippen molar-refractivity contribution in [1.82, 2.24) is 9.97 Å². The van der Waals surface area contributed by atoms with Gasteiger partial charge < -0.3 is 9.64 Å². The van der Waals surface area contributed by atoms with Crippen molar-refractivity contribution in [2.24, 2.45) is 0 Å². The van der Waals surface area contributed by atoms with Gasteiger partial charge in [-0.1, -0.05) is 25.1 Å². The SMILES string of the molecule is COc1ccc(CN(C)c2nc(C(C)c3c(F)cccc3F)cc(=O)[nH]2)cc1. The molecule has 7 heteroatoms. The summed E-state index contributed by atoms with van der Waals surface area (Å²) in [6.07, 6.45) is 0. The lowest BCUT2D eigenvalue weighted by Gasteiger charge is -2.20. The maximum absolute atomic E-state index is 14.1. The predicted molar refractivity (Wildman–Crippen MR) is 104 cm³/mol. The fourth-order valence-electron chi connectivity index (χ4n) is 3.02. The first-order chi connectivity index (χ1) is 13.4. The summed E-state index contributed by atoms with van der Waals surface area (Å²) in [5.41, 5.74) is 0.795. The van der Waals surface area contributed by atoms with Crippen LogP contribution in [0.1, 0.15) is 29.7 Å². The average molecular weight is 385 g/mol. The Morgan fingerprint density at radius 1 is 1.14 bits per heavy atom. The third kappa shape index (κ3) is 4.19. The quantitative estimate of drug-likeness (QED) is 0.700. The van der Waals surface area contributed by atoms with Gasteiger partial charge in [-0.25, -0.2) is 13.8 Å². The van der Waals surface area contributed by atoms with Crippen molar-refractivity contribution in [3.8, 4) is 5.75 Å². The second kappa shape index (κ2) is 8.21. The molecule has 0 saturated heterocycles. The Bertz CT molecular complexity index is 999. The number of anilines is 1. The third-order valence-electron chi connectivity index (χ3n) is 4.57. The topological polar surface area (TPSA) is 58.2 Å². The molecule has 3 aromatic rings. The number of ether oxygens (including phenoxy) is 1. The molecular formula is C21H21F2N3O2. The van der Waals surface area contributed by atoms with Gasteiger partial charge in [0.25, 0.3) is 5.56 Å². The summed E-state index contributed by atoms with van der Waals surface area (Å²) in [4.78, 5) is 21.0. The Hall–Kier alpha value is -3.22. The Morgan fingerprint density at radius 2 is 1.79 bits per heavy atom.